The van der Waals surface area contributed by atoms with Crippen molar-refractivity contribution < 1.29 is 4.42 Å². The molecule has 0 aliphatic carbocycles. The van der Waals surface area contributed by atoms with Crippen LogP contribution >= 0.6 is 0 Å². The van der Waals surface area contributed by atoms with Crippen molar-refractivity contribution in [3.63, 3.8) is 0 Å². The standard InChI is InChI=1S/C59H35N5O/c1-2-19-41(20-3-1)63-48-26-11-8-21-42(48)44-24-14-25-46(56(44)63)58-60-57(40-30-29-36-15-4-5-16-37(36)33-40)61-59(62-58)55-50(31-32-53-54(55)45-23-10-13-28-52(45)65-53)64-49-27-12-9-22-43(49)47-34-38-17-6-7-18-39(38)35-51(47)64/h1-35H. The molecule has 4 aromatic heterocycles. The molecular weight excluding hydrogens is 795 g/mol. The Balaban J connectivity index is 1.14. The van der Waals surface area contributed by atoms with E-state index < -0.39 is 0 Å². The fourth-order valence-corrected chi connectivity index (χ4v) is 10.2. The molecule has 4 heterocycles. The van der Waals surface area contributed by atoms with Crippen molar-refractivity contribution >= 4 is 87.1 Å². The van der Waals surface area contributed by atoms with Crippen LogP contribution in [-0.4, -0.2) is 24.1 Å². The van der Waals surface area contributed by atoms with Gasteiger partial charge in [-0.2, -0.15) is 0 Å². The summed E-state index contributed by atoms with van der Waals surface area (Å²) >= 11 is 0. The second-order valence-electron chi connectivity index (χ2n) is 16.8. The second kappa shape index (κ2) is 13.8. The summed E-state index contributed by atoms with van der Waals surface area (Å²) < 4.78 is 11.4. The van der Waals surface area contributed by atoms with Crippen LogP contribution < -0.4 is 0 Å². The van der Waals surface area contributed by atoms with Crippen LogP contribution in [0.5, 0.6) is 0 Å². The van der Waals surface area contributed by atoms with Gasteiger partial charge in [-0.25, -0.2) is 15.0 Å². The summed E-state index contributed by atoms with van der Waals surface area (Å²) in [4.78, 5) is 16.6. The predicted octanol–water partition coefficient (Wildman–Crippen LogP) is 15.3. The van der Waals surface area contributed by atoms with Crippen molar-refractivity contribution in [1.29, 1.82) is 0 Å². The van der Waals surface area contributed by atoms with Crippen molar-refractivity contribution in [2.24, 2.45) is 0 Å². The van der Waals surface area contributed by atoms with E-state index in [1.54, 1.807) is 0 Å². The van der Waals surface area contributed by atoms with E-state index in [0.717, 1.165) is 93.6 Å². The Morgan fingerprint density at radius 3 is 1.78 bits per heavy atom. The van der Waals surface area contributed by atoms with Gasteiger partial charge in [-0.05, 0) is 88.3 Å². The second-order valence-corrected chi connectivity index (χ2v) is 16.8. The SMILES string of the molecule is c1ccc(-n2c3ccccc3c3cccc(-c4nc(-c5ccc6ccccc6c5)nc(-c5c(-n6c7ccccc7c7cc8ccccc8cc76)ccc6oc7ccccc7c56)n4)c32)cc1. The minimum absolute atomic E-state index is 0.552. The van der Waals surface area contributed by atoms with Gasteiger partial charge < -0.3 is 13.6 Å². The molecule has 0 aliphatic rings. The average Bonchev–Trinajstić information content (AvgIpc) is 4.03. The smallest absolute Gasteiger partial charge is 0.166 e. The molecule has 0 unspecified atom stereocenters. The number of hydrogen-bond acceptors (Lipinski definition) is 4. The monoisotopic (exact) mass is 829 g/mol. The maximum absolute atomic E-state index is 6.67. The average molecular weight is 830 g/mol. The highest BCUT2D eigenvalue weighted by Gasteiger charge is 2.26. The van der Waals surface area contributed by atoms with Gasteiger partial charge in [0.2, 0.25) is 0 Å². The van der Waals surface area contributed by atoms with E-state index in [-0.39, 0.29) is 0 Å². The zero-order valence-electron chi connectivity index (χ0n) is 34.9. The maximum atomic E-state index is 6.67. The van der Waals surface area contributed by atoms with Gasteiger partial charge in [0.1, 0.15) is 11.2 Å². The summed E-state index contributed by atoms with van der Waals surface area (Å²) in [5, 5.41) is 11.2. The minimum Gasteiger partial charge on any atom is -0.456 e. The first-order valence-corrected chi connectivity index (χ1v) is 21.9. The van der Waals surface area contributed by atoms with Gasteiger partial charge in [-0.15, -0.1) is 0 Å². The van der Waals surface area contributed by atoms with Crippen LogP contribution in [0, 0.1) is 0 Å². The summed E-state index contributed by atoms with van der Waals surface area (Å²) in [7, 11) is 0. The van der Waals surface area contributed by atoms with Gasteiger partial charge in [-0.1, -0.05) is 146 Å². The molecule has 0 N–H and O–H groups in total. The van der Waals surface area contributed by atoms with Crippen LogP contribution in [-0.2, 0) is 0 Å². The van der Waals surface area contributed by atoms with E-state index >= 15 is 0 Å². The van der Waals surface area contributed by atoms with Crippen LogP contribution in [0.1, 0.15) is 0 Å². The molecule has 0 bridgehead atoms. The third-order valence-corrected chi connectivity index (χ3v) is 13.1. The molecule has 0 fully saturated rings. The molecule has 14 aromatic rings. The zero-order chi connectivity index (χ0) is 42.6. The summed E-state index contributed by atoms with van der Waals surface area (Å²) in [5.41, 5.74) is 10.6. The van der Waals surface area contributed by atoms with Crippen molar-refractivity contribution in [1.82, 2.24) is 24.1 Å². The fraction of sp³-hybridized carbons (Fsp3) is 0. The summed E-state index contributed by atoms with van der Waals surface area (Å²) in [5.74, 6) is 1.71. The van der Waals surface area contributed by atoms with E-state index in [1.165, 1.54) is 21.5 Å². The number of hydrogen-bond donors (Lipinski definition) is 0. The zero-order valence-corrected chi connectivity index (χ0v) is 34.9. The van der Waals surface area contributed by atoms with Gasteiger partial charge in [-0.3, -0.25) is 0 Å². The van der Waals surface area contributed by atoms with Gasteiger partial charge in [0.25, 0.3) is 0 Å². The molecule has 10 aromatic carbocycles. The Kier molecular flexibility index (Phi) is 7.59. The lowest BCUT2D eigenvalue weighted by atomic mass is 10.0. The van der Waals surface area contributed by atoms with E-state index in [4.69, 9.17) is 19.4 Å². The number of benzene rings is 10. The number of rotatable bonds is 5. The molecule has 302 valence electrons. The Morgan fingerprint density at radius 2 is 0.969 bits per heavy atom. The maximum Gasteiger partial charge on any atom is 0.166 e. The first kappa shape index (κ1) is 35.7. The predicted molar refractivity (Wildman–Crippen MR) is 267 cm³/mol. The van der Waals surface area contributed by atoms with Crippen LogP contribution in [0.4, 0.5) is 0 Å². The van der Waals surface area contributed by atoms with Crippen LogP contribution in [0.2, 0.25) is 0 Å². The molecule has 65 heavy (non-hydrogen) atoms. The minimum atomic E-state index is 0.552. The molecule has 14 rings (SSSR count). The van der Waals surface area contributed by atoms with Crippen LogP contribution in [0.25, 0.3) is 133 Å². The molecule has 0 spiro atoms. The van der Waals surface area contributed by atoms with E-state index in [9.17, 15) is 0 Å². The van der Waals surface area contributed by atoms with Gasteiger partial charge in [0, 0.05) is 49.1 Å². The van der Waals surface area contributed by atoms with Crippen LogP contribution in [0.3, 0.4) is 0 Å². The lowest BCUT2D eigenvalue weighted by Crippen LogP contribution is -2.05. The number of furan rings is 1. The Labute approximate surface area is 371 Å². The molecule has 0 atom stereocenters. The largest absolute Gasteiger partial charge is 0.456 e. The lowest BCUT2D eigenvalue weighted by Gasteiger charge is -2.16. The molecule has 6 nitrogen and oxygen atoms in total. The molecule has 0 saturated carbocycles. The molecule has 0 aliphatic heterocycles. The molecule has 0 radical (unpaired) electrons. The quantitative estimate of drug-likeness (QED) is 0.173. The third-order valence-electron chi connectivity index (χ3n) is 13.1. The third kappa shape index (κ3) is 5.38. The number of para-hydroxylation sites is 5. The summed E-state index contributed by atoms with van der Waals surface area (Å²) in [6.45, 7) is 0. The van der Waals surface area contributed by atoms with Crippen LogP contribution in [0.15, 0.2) is 217 Å². The van der Waals surface area contributed by atoms with Gasteiger partial charge in [0.05, 0.1) is 33.3 Å². The van der Waals surface area contributed by atoms with Crippen molar-refractivity contribution in [2.75, 3.05) is 0 Å². The van der Waals surface area contributed by atoms with E-state index in [1.807, 2.05) is 12.1 Å². The Hall–Kier alpha value is -8.87. The molecule has 0 saturated heterocycles. The molecule has 6 heteroatoms. The first-order valence-electron chi connectivity index (χ1n) is 21.9. The van der Waals surface area contributed by atoms with E-state index in [2.05, 4.69) is 209 Å². The summed E-state index contributed by atoms with van der Waals surface area (Å²) in [6, 6.07) is 75.0. The number of nitrogens with zero attached hydrogens (tertiary/aromatic N) is 5. The normalized spacial score (nSPS) is 12.0. The fourth-order valence-electron chi connectivity index (χ4n) is 10.2. The summed E-state index contributed by atoms with van der Waals surface area (Å²) in [6.07, 6.45) is 0. The highest BCUT2D eigenvalue weighted by atomic mass is 16.3. The van der Waals surface area contributed by atoms with Crippen molar-refractivity contribution in [2.45, 2.75) is 0 Å². The number of aromatic nitrogens is 5. The van der Waals surface area contributed by atoms with Gasteiger partial charge in [0.15, 0.2) is 17.5 Å². The molecule has 0 amide bonds. The first-order chi connectivity index (χ1) is 32.2. The number of fused-ring (bicyclic) bond motifs is 11. The van der Waals surface area contributed by atoms with Crippen molar-refractivity contribution in [3.05, 3.63) is 212 Å². The highest BCUT2D eigenvalue weighted by Crippen LogP contribution is 2.45. The lowest BCUT2D eigenvalue weighted by molar-refractivity contribution is 0.669. The Bertz CT molecular complexity index is 4250. The van der Waals surface area contributed by atoms with E-state index in [0.29, 0.717) is 17.5 Å². The Morgan fingerprint density at radius 1 is 0.354 bits per heavy atom. The highest BCUT2D eigenvalue weighted by molar-refractivity contribution is 6.18. The van der Waals surface area contributed by atoms with Gasteiger partial charge >= 0.3 is 0 Å². The molecular formula is C59H35N5O. The topological polar surface area (TPSA) is 61.7 Å². The van der Waals surface area contributed by atoms with Crippen molar-refractivity contribution in [3.8, 4) is 45.5 Å².